The molecule has 0 aliphatic heterocycles. The van der Waals surface area contributed by atoms with Crippen molar-refractivity contribution in [3.63, 3.8) is 0 Å². The third-order valence-corrected chi connectivity index (χ3v) is 5.12. The summed E-state index contributed by atoms with van der Waals surface area (Å²) in [5, 5.41) is 16.2. The highest BCUT2D eigenvalue weighted by Gasteiger charge is 2.23. The Bertz CT molecular complexity index is 659. The van der Waals surface area contributed by atoms with E-state index in [-0.39, 0.29) is 18.1 Å². The zero-order chi connectivity index (χ0) is 17.6. The van der Waals surface area contributed by atoms with Crippen LogP contribution in [0.1, 0.15) is 25.0 Å². The fourth-order valence-corrected chi connectivity index (χ4v) is 3.46. The van der Waals surface area contributed by atoms with Crippen LogP contribution in [0.5, 0.6) is 0 Å². The molecule has 2 aromatic rings. The third-order valence-electron chi connectivity index (χ3n) is 3.90. The first-order valence-electron chi connectivity index (χ1n) is 7.83. The molecule has 0 atom stereocenters. The van der Waals surface area contributed by atoms with Crippen LogP contribution in [0.2, 0.25) is 0 Å². The SMILES string of the molecule is CC(C)(CNC(=O)N(CCO)Cc1ccsc1)c1cccc(Br)c1. The highest BCUT2D eigenvalue weighted by Crippen LogP contribution is 2.25. The Morgan fingerprint density at radius 1 is 1.38 bits per heavy atom. The van der Waals surface area contributed by atoms with Gasteiger partial charge in [-0.25, -0.2) is 4.79 Å². The number of nitrogens with one attached hydrogen (secondary N) is 1. The number of urea groups is 1. The number of hydrogen-bond donors (Lipinski definition) is 2. The third kappa shape index (κ3) is 5.33. The van der Waals surface area contributed by atoms with Crippen LogP contribution in [0.25, 0.3) is 0 Å². The number of halogens is 1. The van der Waals surface area contributed by atoms with E-state index in [0.717, 1.165) is 15.6 Å². The summed E-state index contributed by atoms with van der Waals surface area (Å²) in [4.78, 5) is 14.1. The van der Waals surface area contributed by atoms with Crippen molar-refractivity contribution in [1.82, 2.24) is 10.2 Å². The Labute approximate surface area is 155 Å². The molecule has 0 fully saturated rings. The van der Waals surface area contributed by atoms with Crippen molar-refractivity contribution in [3.8, 4) is 0 Å². The molecule has 6 heteroatoms. The second-order valence-electron chi connectivity index (χ2n) is 6.33. The molecule has 0 saturated heterocycles. The molecule has 0 radical (unpaired) electrons. The van der Waals surface area contributed by atoms with Gasteiger partial charge in [0.15, 0.2) is 0 Å². The van der Waals surface area contributed by atoms with Crippen LogP contribution in [0.15, 0.2) is 45.6 Å². The molecule has 0 bridgehead atoms. The molecule has 1 aromatic carbocycles. The molecule has 0 unspecified atom stereocenters. The minimum absolute atomic E-state index is 0.0490. The van der Waals surface area contributed by atoms with E-state index in [9.17, 15) is 9.90 Å². The molecule has 130 valence electrons. The first-order chi connectivity index (χ1) is 11.4. The summed E-state index contributed by atoms with van der Waals surface area (Å²) in [5.41, 5.74) is 2.05. The van der Waals surface area contributed by atoms with Gasteiger partial charge in [-0.1, -0.05) is 41.9 Å². The second-order valence-corrected chi connectivity index (χ2v) is 8.03. The number of benzene rings is 1. The number of aliphatic hydroxyl groups excluding tert-OH is 1. The summed E-state index contributed by atoms with van der Waals surface area (Å²) in [5.74, 6) is 0. The van der Waals surface area contributed by atoms with E-state index in [1.165, 1.54) is 0 Å². The number of nitrogens with zero attached hydrogens (tertiary/aromatic N) is 1. The summed E-state index contributed by atoms with van der Waals surface area (Å²) in [6.45, 7) is 5.50. The Morgan fingerprint density at radius 3 is 2.79 bits per heavy atom. The number of aliphatic hydroxyl groups is 1. The normalized spacial score (nSPS) is 11.3. The van der Waals surface area contributed by atoms with Gasteiger partial charge in [-0.05, 0) is 40.1 Å². The Hall–Kier alpha value is -1.37. The van der Waals surface area contributed by atoms with E-state index in [4.69, 9.17) is 0 Å². The molecule has 0 spiro atoms. The van der Waals surface area contributed by atoms with E-state index in [1.54, 1.807) is 16.2 Å². The van der Waals surface area contributed by atoms with Crippen LogP contribution >= 0.6 is 27.3 Å². The average Bonchev–Trinajstić information content (AvgIpc) is 3.05. The van der Waals surface area contributed by atoms with Crippen LogP contribution < -0.4 is 5.32 Å². The van der Waals surface area contributed by atoms with E-state index >= 15 is 0 Å². The molecule has 2 N–H and O–H groups in total. The number of amides is 2. The maximum absolute atomic E-state index is 12.5. The van der Waals surface area contributed by atoms with Crippen LogP contribution in [0, 0.1) is 0 Å². The van der Waals surface area contributed by atoms with Crippen molar-refractivity contribution in [3.05, 3.63) is 56.7 Å². The highest BCUT2D eigenvalue weighted by molar-refractivity contribution is 9.10. The first-order valence-corrected chi connectivity index (χ1v) is 9.57. The molecule has 24 heavy (non-hydrogen) atoms. The number of rotatable bonds is 7. The van der Waals surface area contributed by atoms with Gasteiger partial charge in [0, 0.05) is 29.5 Å². The van der Waals surface area contributed by atoms with Crippen LogP contribution in [0.4, 0.5) is 4.79 Å². The minimum atomic E-state index is -0.188. The highest BCUT2D eigenvalue weighted by atomic mass is 79.9. The largest absolute Gasteiger partial charge is 0.395 e. The van der Waals surface area contributed by atoms with E-state index in [0.29, 0.717) is 19.6 Å². The zero-order valence-electron chi connectivity index (χ0n) is 14.0. The molecule has 1 heterocycles. The van der Waals surface area contributed by atoms with E-state index in [1.807, 2.05) is 29.0 Å². The molecule has 2 rings (SSSR count). The van der Waals surface area contributed by atoms with Crippen LogP contribution in [-0.4, -0.2) is 35.7 Å². The monoisotopic (exact) mass is 410 g/mol. The second kappa shape index (κ2) is 8.65. The summed E-state index contributed by atoms with van der Waals surface area (Å²) in [7, 11) is 0. The Morgan fingerprint density at radius 2 is 2.17 bits per heavy atom. The fourth-order valence-electron chi connectivity index (χ4n) is 2.40. The number of carbonyl (C=O) groups is 1. The van der Waals surface area contributed by atoms with Crippen molar-refractivity contribution in [2.24, 2.45) is 0 Å². The van der Waals surface area contributed by atoms with Gasteiger partial charge in [0.2, 0.25) is 0 Å². The number of carbonyl (C=O) groups excluding carboxylic acids is 1. The van der Waals surface area contributed by atoms with Gasteiger partial charge in [-0.2, -0.15) is 11.3 Å². The fraction of sp³-hybridized carbons (Fsp3) is 0.389. The van der Waals surface area contributed by atoms with Crippen molar-refractivity contribution in [2.75, 3.05) is 19.7 Å². The maximum Gasteiger partial charge on any atom is 0.317 e. The topological polar surface area (TPSA) is 52.6 Å². The summed E-state index contributed by atoms with van der Waals surface area (Å²) >= 11 is 5.09. The van der Waals surface area contributed by atoms with Gasteiger partial charge in [0.25, 0.3) is 0 Å². The van der Waals surface area contributed by atoms with Gasteiger partial charge < -0.3 is 15.3 Å². The maximum atomic E-state index is 12.5. The quantitative estimate of drug-likeness (QED) is 0.724. The predicted molar refractivity (Wildman–Crippen MR) is 102 cm³/mol. The standard InChI is InChI=1S/C18H23BrN2O2S/c1-18(2,15-4-3-5-16(19)10-15)13-20-17(23)21(7-8-22)11-14-6-9-24-12-14/h3-6,9-10,12,22H,7-8,11,13H2,1-2H3,(H,20,23). The minimum Gasteiger partial charge on any atom is -0.395 e. The zero-order valence-corrected chi connectivity index (χ0v) is 16.4. The first kappa shape index (κ1) is 19.0. The van der Waals surface area contributed by atoms with E-state index in [2.05, 4.69) is 47.2 Å². The lowest BCUT2D eigenvalue weighted by molar-refractivity contribution is 0.172. The lowest BCUT2D eigenvalue weighted by Crippen LogP contribution is -2.45. The van der Waals surface area contributed by atoms with Crippen molar-refractivity contribution in [2.45, 2.75) is 25.8 Å². The van der Waals surface area contributed by atoms with Gasteiger partial charge in [-0.15, -0.1) is 0 Å². The summed E-state index contributed by atoms with van der Waals surface area (Å²) in [6, 6.07) is 9.96. The molecule has 0 aliphatic rings. The van der Waals surface area contributed by atoms with Gasteiger partial charge >= 0.3 is 6.03 Å². The van der Waals surface area contributed by atoms with Crippen LogP contribution in [-0.2, 0) is 12.0 Å². The lowest BCUT2D eigenvalue weighted by Gasteiger charge is -2.28. The molecule has 1 aromatic heterocycles. The van der Waals surface area contributed by atoms with Crippen LogP contribution in [0.3, 0.4) is 0 Å². The van der Waals surface area contributed by atoms with Crippen molar-refractivity contribution in [1.29, 1.82) is 0 Å². The average molecular weight is 411 g/mol. The molecule has 0 saturated carbocycles. The molecular weight excluding hydrogens is 388 g/mol. The summed E-state index contributed by atoms with van der Waals surface area (Å²) < 4.78 is 1.03. The number of thiophene rings is 1. The molecule has 2 amide bonds. The van der Waals surface area contributed by atoms with Gasteiger partial charge in [0.05, 0.1) is 6.61 Å². The van der Waals surface area contributed by atoms with Gasteiger partial charge in [0.1, 0.15) is 0 Å². The molecular formula is C18H23BrN2O2S. The smallest absolute Gasteiger partial charge is 0.317 e. The lowest BCUT2D eigenvalue weighted by atomic mass is 9.85. The van der Waals surface area contributed by atoms with Gasteiger partial charge in [-0.3, -0.25) is 0 Å². The Balaban J connectivity index is 1.98. The molecule has 4 nitrogen and oxygen atoms in total. The Kier molecular flexibility index (Phi) is 6.83. The number of hydrogen-bond acceptors (Lipinski definition) is 3. The summed E-state index contributed by atoms with van der Waals surface area (Å²) in [6.07, 6.45) is 0. The van der Waals surface area contributed by atoms with Crippen molar-refractivity contribution < 1.29 is 9.90 Å². The van der Waals surface area contributed by atoms with Crippen molar-refractivity contribution >= 4 is 33.3 Å². The predicted octanol–water partition coefficient (Wildman–Crippen LogP) is 3.99. The van der Waals surface area contributed by atoms with E-state index < -0.39 is 0 Å². The molecule has 0 aliphatic carbocycles.